The minimum Gasteiger partial charge on any atom is -0.296 e. The Bertz CT molecular complexity index is 175. The molecule has 0 amide bonds. The first-order chi connectivity index (χ1) is 5.60. The van der Waals surface area contributed by atoms with Crippen LogP contribution >= 0.6 is 11.6 Å². The van der Waals surface area contributed by atoms with Gasteiger partial charge in [-0.1, -0.05) is 0 Å². The molecule has 1 nitrogen and oxygen atoms in total. The fourth-order valence-electron chi connectivity index (χ4n) is 2.05. The van der Waals surface area contributed by atoms with E-state index in [4.69, 9.17) is 11.6 Å². The van der Waals surface area contributed by atoms with Gasteiger partial charge in [0, 0.05) is 18.6 Å². The smallest absolute Gasteiger partial charge is 0.0526 e. The molecule has 12 heavy (non-hydrogen) atoms. The zero-order chi connectivity index (χ0) is 8.77. The van der Waals surface area contributed by atoms with Crippen molar-refractivity contribution in [1.82, 2.24) is 4.90 Å². The third-order valence-corrected chi connectivity index (χ3v) is 4.16. The first kappa shape index (κ1) is 8.83. The van der Waals surface area contributed by atoms with Crippen LogP contribution in [0.25, 0.3) is 0 Å². The molecule has 1 saturated heterocycles. The van der Waals surface area contributed by atoms with Gasteiger partial charge in [0.25, 0.3) is 0 Å². The molecule has 2 rings (SSSR count). The molecule has 0 aromatic rings. The fourth-order valence-corrected chi connectivity index (χ4v) is 2.28. The van der Waals surface area contributed by atoms with E-state index in [1.54, 1.807) is 0 Å². The fraction of sp³-hybridized carbons (Fsp3) is 1.00. The van der Waals surface area contributed by atoms with Crippen LogP contribution in [0.1, 0.15) is 33.1 Å². The highest BCUT2D eigenvalue weighted by Gasteiger charge is 2.41. The van der Waals surface area contributed by atoms with Crippen molar-refractivity contribution >= 4 is 11.6 Å². The van der Waals surface area contributed by atoms with Crippen molar-refractivity contribution in [2.24, 2.45) is 5.92 Å². The molecule has 0 spiro atoms. The molecule has 1 aliphatic carbocycles. The Labute approximate surface area is 80.1 Å². The quantitative estimate of drug-likeness (QED) is 0.601. The molecule has 0 N–H and O–H groups in total. The van der Waals surface area contributed by atoms with Gasteiger partial charge in [-0.05, 0) is 39.0 Å². The molecule has 1 heterocycles. The maximum atomic E-state index is 6.26. The zero-order valence-corrected chi connectivity index (χ0v) is 8.77. The maximum absolute atomic E-state index is 6.26. The number of halogens is 1. The normalized spacial score (nSPS) is 35.8. The first-order valence-corrected chi connectivity index (χ1v) is 5.43. The van der Waals surface area contributed by atoms with E-state index in [-0.39, 0.29) is 5.54 Å². The Kier molecular flexibility index (Phi) is 2.12. The van der Waals surface area contributed by atoms with Crippen LogP contribution in [0.3, 0.4) is 0 Å². The number of likely N-dealkylation sites (tertiary alicyclic amines) is 1. The van der Waals surface area contributed by atoms with Gasteiger partial charge in [0.1, 0.15) is 0 Å². The largest absolute Gasteiger partial charge is 0.296 e. The first-order valence-electron chi connectivity index (χ1n) is 5.00. The average molecular weight is 188 g/mol. The Hall–Kier alpha value is 0.250. The predicted octanol–water partition coefficient (Wildman–Crippen LogP) is 2.49. The third-order valence-electron chi connectivity index (χ3n) is 3.41. The highest BCUT2D eigenvalue weighted by molar-refractivity contribution is 6.21. The summed E-state index contributed by atoms with van der Waals surface area (Å²) in [4.78, 5) is 2.57. The van der Waals surface area contributed by atoms with Crippen LogP contribution in [0, 0.1) is 5.92 Å². The summed E-state index contributed by atoms with van der Waals surface area (Å²) >= 11 is 6.26. The van der Waals surface area contributed by atoms with Crippen molar-refractivity contribution < 1.29 is 0 Å². The highest BCUT2D eigenvalue weighted by atomic mass is 35.5. The van der Waals surface area contributed by atoms with Crippen LogP contribution < -0.4 is 0 Å². The van der Waals surface area contributed by atoms with Crippen molar-refractivity contribution in [2.45, 2.75) is 44.0 Å². The molecule has 1 unspecified atom stereocenters. The van der Waals surface area contributed by atoms with E-state index in [0.717, 1.165) is 5.92 Å². The molecule has 0 radical (unpaired) electrons. The minimum absolute atomic E-state index is 0.240. The number of hydrogen-bond donors (Lipinski definition) is 0. The van der Waals surface area contributed by atoms with Crippen molar-refractivity contribution in [3.63, 3.8) is 0 Å². The molecular formula is C10H18ClN. The van der Waals surface area contributed by atoms with Crippen molar-refractivity contribution in [2.75, 3.05) is 13.1 Å². The topological polar surface area (TPSA) is 3.24 Å². The van der Waals surface area contributed by atoms with Gasteiger partial charge in [-0.15, -0.1) is 11.6 Å². The minimum atomic E-state index is 0.240. The van der Waals surface area contributed by atoms with Gasteiger partial charge in [0.2, 0.25) is 0 Å². The summed E-state index contributed by atoms with van der Waals surface area (Å²) in [7, 11) is 0. The van der Waals surface area contributed by atoms with Gasteiger partial charge >= 0.3 is 0 Å². The second-order valence-corrected chi connectivity index (χ2v) is 5.33. The van der Waals surface area contributed by atoms with E-state index in [2.05, 4.69) is 18.7 Å². The standard InChI is InChI=1S/C10H18ClN/c1-10(2)9(11)5-6-12(10)7-8-3-4-8/h8-9H,3-7H2,1-2H3. The van der Waals surface area contributed by atoms with E-state index in [0.29, 0.717) is 5.38 Å². The Morgan fingerprint density at radius 1 is 1.33 bits per heavy atom. The average Bonchev–Trinajstić information content (AvgIpc) is 2.75. The lowest BCUT2D eigenvalue weighted by atomic mass is 10.0. The molecule has 0 bridgehead atoms. The molecule has 70 valence electrons. The summed E-state index contributed by atoms with van der Waals surface area (Å²) < 4.78 is 0. The Morgan fingerprint density at radius 3 is 2.42 bits per heavy atom. The number of alkyl halides is 1. The lowest BCUT2D eigenvalue weighted by Gasteiger charge is -2.33. The molecule has 0 aromatic carbocycles. The van der Waals surface area contributed by atoms with Crippen LogP contribution in [0.5, 0.6) is 0 Å². The molecule has 2 fully saturated rings. The van der Waals surface area contributed by atoms with Crippen LogP contribution in [-0.4, -0.2) is 28.9 Å². The highest BCUT2D eigenvalue weighted by Crippen LogP contribution is 2.38. The number of hydrogen-bond acceptors (Lipinski definition) is 1. The zero-order valence-electron chi connectivity index (χ0n) is 8.02. The van der Waals surface area contributed by atoms with E-state index in [1.807, 2.05) is 0 Å². The second-order valence-electron chi connectivity index (χ2n) is 4.80. The molecule has 2 heteroatoms. The third kappa shape index (κ3) is 1.49. The van der Waals surface area contributed by atoms with Gasteiger partial charge in [0.15, 0.2) is 0 Å². The van der Waals surface area contributed by atoms with Gasteiger partial charge in [-0.25, -0.2) is 0 Å². The summed E-state index contributed by atoms with van der Waals surface area (Å²) in [5, 5.41) is 0.358. The summed E-state index contributed by atoms with van der Waals surface area (Å²) in [6.45, 7) is 7.05. The van der Waals surface area contributed by atoms with Gasteiger partial charge in [0.05, 0.1) is 5.38 Å². The van der Waals surface area contributed by atoms with Crippen LogP contribution in [-0.2, 0) is 0 Å². The van der Waals surface area contributed by atoms with Crippen molar-refractivity contribution in [3.05, 3.63) is 0 Å². The van der Waals surface area contributed by atoms with Crippen molar-refractivity contribution in [1.29, 1.82) is 0 Å². The summed E-state index contributed by atoms with van der Waals surface area (Å²) in [6.07, 6.45) is 4.06. The van der Waals surface area contributed by atoms with Gasteiger partial charge in [-0.2, -0.15) is 0 Å². The maximum Gasteiger partial charge on any atom is 0.0526 e. The molecule has 0 aromatic heterocycles. The van der Waals surface area contributed by atoms with Gasteiger partial charge in [-0.3, -0.25) is 4.90 Å². The van der Waals surface area contributed by atoms with E-state index in [9.17, 15) is 0 Å². The number of nitrogens with zero attached hydrogens (tertiary/aromatic N) is 1. The second kappa shape index (κ2) is 2.88. The lowest BCUT2D eigenvalue weighted by molar-refractivity contribution is 0.170. The van der Waals surface area contributed by atoms with E-state index in [1.165, 1.54) is 32.4 Å². The predicted molar refractivity (Wildman–Crippen MR) is 52.6 cm³/mol. The molecule has 1 aliphatic heterocycles. The van der Waals surface area contributed by atoms with Crippen LogP contribution in [0.4, 0.5) is 0 Å². The van der Waals surface area contributed by atoms with Gasteiger partial charge < -0.3 is 0 Å². The van der Waals surface area contributed by atoms with E-state index >= 15 is 0 Å². The molecule has 1 saturated carbocycles. The molecule has 2 aliphatic rings. The SMILES string of the molecule is CC1(C)C(Cl)CCN1CC1CC1. The Balaban J connectivity index is 1.96. The lowest BCUT2D eigenvalue weighted by Crippen LogP contribution is -2.44. The Morgan fingerprint density at radius 2 is 2.00 bits per heavy atom. The molecule has 1 atom stereocenters. The van der Waals surface area contributed by atoms with E-state index < -0.39 is 0 Å². The summed E-state index contributed by atoms with van der Waals surface area (Å²) in [5.41, 5.74) is 0.240. The van der Waals surface area contributed by atoms with Crippen molar-refractivity contribution in [3.8, 4) is 0 Å². The van der Waals surface area contributed by atoms with Crippen LogP contribution in [0.15, 0.2) is 0 Å². The monoisotopic (exact) mass is 187 g/mol. The summed E-state index contributed by atoms with van der Waals surface area (Å²) in [5.74, 6) is 0.992. The van der Waals surface area contributed by atoms with Crippen LogP contribution in [0.2, 0.25) is 0 Å². The number of rotatable bonds is 2. The summed E-state index contributed by atoms with van der Waals surface area (Å²) in [6, 6.07) is 0. The molecular weight excluding hydrogens is 170 g/mol.